The number of aromatic nitrogens is 1. The van der Waals surface area contributed by atoms with Gasteiger partial charge in [0.2, 0.25) is 0 Å². The molecule has 0 saturated heterocycles. The van der Waals surface area contributed by atoms with Gasteiger partial charge in [0.25, 0.3) is 0 Å². The summed E-state index contributed by atoms with van der Waals surface area (Å²) in [5, 5.41) is 0. The summed E-state index contributed by atoms with van der Waals surface area (Å²) in [4.78, 5) is 15.9. The molecule has 1 heterocycles. The third kappa shape index (κ3) is 2.39. The average molecular weight is 235 g/mol. The van der Waals surface area contributed by atoms with Crippen molar-refractivity contribution in [3.63, 3.8) is 0 Å². The standard InChI is InChI=1S/C12H13NO2S/c1-12(2,3)15-11(14)8-4-5-10-9(6-8)13-7-16-10/h4-7H,1-3H3. The van der Waals surface area contributed by atoms with Crippen molar-refractivity contribution in [2.24, 2.45) is 0 Å². The predicted molar refractivity (Wildman–Crippen MR) is 64.8 cm³/mol. The smallest absolute Gasteiger partial charge is 0.338 e. The van der Waals surface area contributed by atoms with E-state index in [0.717, 1.165) is 10.2 Å². The Morgan fingerprint density at radius 2 is 2.12 bits per heavy atom. The fourth-order valence-corrected chi connectivity index (χ4v) is 1.98. The minimum atomic E-state index is -0.464. The lowest BCUT2D eigenvalue weighted by molar-refractivity contribution is 0.00697. The molecular formula is C12H13NO2S. The number of carbonyl (C=O) groups is 1. The van der Waals surface area contributed by atoms with Gasteiger partial charge in [0.1, 0.15) is 5.60 Å². The Kier molecular flexibility index (Phi) is 2.68. The van der Waals surface area contributed by atoms with Gasteiger partial charge in [-0.3, -0.25) is 0 Å². The van der Waals surface area contributed by atoms with Crippen molar-refractivity contribution in [3.05, 3.63) is 29.3 Å². The van der Waals surface area contributed by atoms with E-state index >= 15 is 0 Å². The molecule has 0 atom stereocenters. The Morgan fingerprint density at radius 1 is 1.38 bits per heavy atom. The number of ether oxygens (including phenoxy) is 1. The van der Waals surface area contributed by atoms with Gasteiger partial charge in [-0.05, 0) is 39.0 Å². The van der Waals surface area contributed by atoms with Gasteiger partial charge >= 0.3 is 5.97 Å². The first-order valence-electron chi connectivity index (χ1n) is 5.02. The van der Waals surface area contributed by atoms with Gasteiger partial charge in [-0.15, -0.1) is 11.3 Å². The van der Waals surface area contributed by atoms with Crippen LogP contribution in [0.1, 0.15) is 31.1 Å². The van der Waals surface area contributed by atoms with Crippen molar-refractivity contribution in [2.45, 2.75) is 26.4 Å². The van der Waals surface area contributed by atoms with Gasteiger partial charge in [-0.2, -0.15) is 0 Å². The van der Waals surface area contributed by atoms with Crippen LogP contribution in [0.25, 0.3) is 10.2 Å². The zero-order valence-electron chi connectivity index (χ0n) is 9.48. The third-order valence-electron chi connectivity index (χ3n) is 1.96. The van der Waals surface area contributed by atoms with Crippen LogP contribution in [0.2, 0.25) is 0 Å². The topological polar surface area (TPSA) is 39.2 Å². The maximum Gasteiger partial charge on any atom is 0.338 e. The SMILES string of the molecule is CC(C)(C)OC(=O)c1ccc2scnc2c1. The molecule has 0 saturated carbocycles. The van der Waals surface area contributed by atoms with Crippen molar-refractivity contribution in [3.8, 4) is 0 Å². The van der Waals surface area contributed by atoms with Crippen molar-refractivity contribution in [1.82, 2.24) is 4.98 Å². The number of thiazole rings is 1. The summed E-state index contributed by atoms with van der Waals surface area (Å²) in [6, 6.07) is 5.43. The minimum absolute atomic E-state index is 0.303. The van der Waals surface area contributed by atoms with E-state index in [-0.39, 0.29) is 5.97 Å². The van der Waals surface area contributed by atoms with E-state index in [1.54, 1.807) is 29.0 Å². The first-order chi connectivity index (χ1) is 7.46. The Hall–Kier alpha value is -1.42. The van der Waals surface area contributed by atoms with Crippen LogP contribution >= 0.6 is 11.3 Å². The van der Waals surface area contributed by atoms with Crippen LogP contribution in [-0.2, 0) is 4.74 Å². The molecule has 0 N–H and O–H groups in total. The molecule has 2 rings (SSSR count). The molecule has 4 heteroatoms. The van der Waals surface area contributed by atoms with Crippen LogP contribution in [0, 0.1) is 0 Å². The number of fused-ring (bicyclic) bond motifs is 1. The highest BCUT2D eigenvalue weighted by molar-refractivity contribution is 7.16. The Balaban J connectivity index is 2.29. The van der Waals surface area contributed by atoms with Gasteiger partial charge in [-0.25, -0.2) is 9.78 Å². The maximum atomic E-state index is 11.8. The maximum absolute atomic E-state index is 11.8. The second-order valence-electron chi connectivity index (χ2n) is 4.54. The first kappa shape index (κ1) is 11.1. The largest absolute Gasteiger partial charge is 0.456 e. The Labute approximate surface area is 98.1 Å². The van der Waals surface area contributed by atoms with Gasteiger partial charge in [-0.1, -0.05) is 0 Å². The molecule has 0 aliphatic carbocycles. The summed E-state index contributed by atoms with van der Waals surface area (Å²) < 4.78 is 6.36. The molecule has 0 radical (unpaired) electrons. The Morgan fingerprint density at radius 3 is 2.81 bits per heavy atom. The highest BCUT2D eigenvalue weighted by atomic mass is 32.1. The highest BCUT2D eigenvalue weighted by Crippen LogP contribution is 2.20. The zero-order valence-corrected chi connectivity index (χ0v) is 10.3. The van der Waals surface area contributed by atoms with Gasteiger partial charge in [0, 0.05) is 0 Å². The second kappa shape index (κ2) is 3.87. The summed E-state index contributed by atoms with van der Waals surface area (Å²) >= 11 is 1.56. The summed E-state index contributed by atoms with van der Waals surface area (Å²) in [5.74, 6) is -0.303. The number of benzene rings is 1. The van der Waals surface area contributed by atoms with Crippen molar-refractivity contribution in [1.29, 1.82) is 0 Å². The number of carbonyl (C=O) groups excluding carboxylic acids is 1. The zero-order chi connectivity index (χ0) is 11.8. The number of hydrogen-bond acceptors (Lipinski definition) is 4. The molecular weight excluding hydrogens is 222 g/mol. The Bertz CT molecular complexity index is 525. The molecule has 1 aromatic heterocycles. The highest BCUT2D eigenvalue weighted by Gasteiger charge is 2.18. The van der Waals surface area contributed by atoms with E-state index in [1.807, 2.05) is 26.8 Å². The fraction of sp³-hybridized carbons (Fsp3) is 0.333. The van der Waals surface area contributed by atoms with Crippen LogP contribution < -0.4 is 0 Å². The number of rotatable bonds is 1. The summed E-state index contributed by atoms with van der Waals surface area (Å²) in [6.45, 7) is 5.56. The number of nitrogens with zero attached hydrogens (tertiary/aromatic N) is 1. The number of esters is 1. The summed E-state index contributed by atoms with van der Waals surface area (Å²) in [5.41, 5.74) is 2.69. The van der Waals surface area contributed by atoms with Crippen molar-refractivity contribution in [2.75, 3.05) is 0 Å². The lowest BCUT2D eigenvalue weighted by Crippen LogP contribution is -2.23. The molecule has 84 valence electrons. The molecule has 0 fully saturated rings. The molecule has 0 bridgehead atoms. The van der Waals surface area contributed by atoms with Crippen LogP contribution in [0.15, 0.2) is 23.7 Å². The van der Waals surface area contributed by atoms with E-state index in [0.29, 0.717) is 5.56 Å². The first-order valence-corrected chi connectivity index (χ1v) is 5.90. The van der Waals surface area contributed by atoms with Crippen LogP contribution in [-0.4, -0.2) is 16.6 Å². The molecule has 0 aliphatic heterocycles. The lowest BCUT2D eigenvalue weighted by Gasteiger charge is -2.19. The van der Waals surface area contributed by atoms with E-state index in [1.165, 1.54) is 0 Å². The molecule has 0 amide bonds. The lowest BCUT2D eigenvalue weighted by atomic mass is 10.1. The quantitative estimate of drug-likeness (QED) is 0.712. The second-order valence-corrected chi connectivity index (χ2v) is 5.42. The molecule has 16 heavy (non-hydrogen) atoms. The van der Waals surface area contributed by atoms with E-state index in [2.05, 4.69) is 4.98 Å². The minimum Gasteiger partial charge on any atom is -0.456 e. The molecule has 1 aromatic carbocycles. The van der Waals surface area contributed by atoms with E-state index in [9.17, 15) is 4.79 Å². The van der Waals surface area contributed by atoms with Crippen molar-refractivity contribution < 1.29 is 9.53 Å². The molecule has 2 aromatic rings. The van der Waals surface area contributed by atoms with Crippen LogP contribution in [0.3, 0.4) is 0 Å². The molecule has 0 spiro atoms. The molecule has 0 unspecified atom stereocenters. The fourth-order valence-electron chi connectivity index (χ4n) is 1.32. The molecule has 3 nitrogen and oxygen atoms in total. The van der Waals surface area contributed by atoms with Crippen LogP contribution in [0.4, 0.5) is 0 Å². The third-order valence-corrected chi connectivity index (χ3v) is 2.77. The molecule has 0 aliphatic rings. The van der Waals surface area contributed by atoms with Gasteiger partial charge < -0.3 is 4.74 Å². The van der Waals surface area contributed by atoms with Gasteiger partial charge in [0.15, 0.2) is 0 Å². The summed E-state index contributed by atoms with van der Waals surface area (Å²) in [6.07, 6.45) is 0. The van der Waals surface area contributed by atoms with E-state index < -0.39 is 5.60 Å². The summed E-state index contributed by atoms with van der Waals surface area (Å²) in [7, 11) is 0. The van der Waals surface area contributed by atoms with E-state index in [4.69, 9.17) is 4.74 Å². The predicted octanol–water partition coefficient (Wildman–Crippen LogP) is 3.25. The van der Waals surface area contributed by atoms with Crippen LogP contribution in [0.5, 0.6) is 0 Å². The normalized spacial score (nSPS) is 11.7. The number of hydrogen-bond donors (Lipinski definition) is 0. The van der Waals surface area contributed by atoms with Gasteiger partial charge in [0.05, 0.1) is 21.3 Å². The van der Waals surface area contributed by atoms with Crippen molar-refractivity contribution >= 4 is 27.5 Å². The monoisotopic (exact) mass is 235 g/mol. The average Bonchev–Trinajstić information content (AvgIpc) is 2.61.